The van der Waals surface area contributed by atoms with E-state index in [0.29, 0.717) is 17.1 Å². The van der Waals surface area contributed by atoms with Crippen LogP contribution < -0.4 is 10.1 Å². The fourth-order valence-corrected chi connectivity index (χ4v) is 1.45. The number of anilines is 2. The highest BCUT2D eigenvalue weighted by molar-refractivity contribution is 5.59. The average Bonchev–Trinajstić information content (AvgIpc) is 2.41. The number of pyridine rings is 1. The lowest BCUT2D eigenvalue weighted by Crippen LogP contribution is -1.95. The molecular formula is C13H10FN3O. The standard InChI is InChI=1S/C13H10FN3O/c1-18-12-7-10(2-3-11(12)14)17-13-6-9(8-15)4-5-16-13/h2-7H,1H3,(H,16,17). The van der Waals surface area contributed by atoms with Gasteiger partial charge >= 0.3 is 0 Å². The summed E-state index contributed by atoms with van der Waals surface area (Å²) in [7, 11) is 1.40. The maximum Gasteiger partial charge on any atom is 0.165 e. The first-order valence-corrected chi connectivity index (χ1v) is 5.19. The van der Waals surface area contributed by atoms with Crippen molar-refractivity contribution in [2.75, 3.05) is 12.4 Å². The minimum absolute atomic E-state index is 0.149. The zero-order valence-electron chi connectivity index (χ0n) is 9.64. The number of nitriles is 1. The van der Waals surface area contributed by atoms with Gasteiger partial charge in [-0.25, -0.2) is 9.37 Å². The van der Waals surface area contributed by atoms with Gasteiger partial charge in [-0.3, -0.25) is 0 Å². The highest BCUT2D eigenvalue weighted by Crippen LogP contribution is 2.23. The van der Waals surface area contributed by atoms with Gasteiger partial charge in [0.2, 0.25) is 0 Å². The van der Waals surface area contributed by atoms with E-state index in [1.807, 2.05) is 6.07 Å². The first kappa shape index (κ1) is 11.9. The number of methoxy groups -OCH3 is 1. The molecule has 90 valence electrons. The SMILES string of the molecule is COc1cc(Nc2cc(C#N)ccn2)ccc1F. The van der Waals surface area contributed by atoms with Crippen molar-refractivity contribution in [1.29, 1.82) is 5.26 Å². The van der Waals surface area contributed by atoms with Crippen LogP contribution >= 0.6 is 0 Å². The van der Waals surface area contributed by atoms with Gasteiger partial charge in [0.15, 0.2) is 11.6 Å². The smallest absolute Gasteiger partial charge is 0.165 e. The maximum atomic E-state index is 13.2. The molecule has 0 saturated carbocycles. The maximum absolute atomic E-state index is 13.2. The van der Waals surface area contributed by atoms with Crippen LogP contribution in [0.25, 0.3) is 0 Å². The molecule has 1 heterocycles. The summed E-state index contributed by atoms with van der Waals surface area (Å²) >= 11 is 0. The number of hydrogen-bond donors (Lipinski definition) is 1. The van der Waals surface area contributed by atoms with E-state index in [1.165, 1.54) is 25.4 Å². The van der Waals surface area contributed by atoms with Gasteiger partial charge in [-0.1, -0.05) is 0 Å². The van der Waals surface area contributed by atoms with Crippen molar-refractivity contribution in [3.05, 3.63) is 47.9 Å². The number of halogens is 1. The van der Waals surface area contributed by atoms with Crippen molar-refractivity contribution in [3.63, 3.8) is 0 Å². The summed E-state index contributed by atoms with van der Waals surface area (Å²) in [4.78, 5) is 4.06. The Hall–Kier alpha value is -2.61. The molecule has 18 heavy (non-hydrogen) atoms. The molecule has 0 aliphatic heterocycles. The molecule has 1 aromatic heterocycles. The molecule has 0 aliphatic carbocycles. The third kappa shape index (κ3) is 2.55. The number of ether oxygens (including phenoxy) is 1. The number of benzene rings is 1. The van der Waals surface area contributed by atoms with Crippen LogP contribution in [0.4, 0.5) is 15.9 Å². The first-order valence-electron chi connectivity index (χ1n) is 5.19. The molecule has 5 heteroatoms. The van der Waals surface area contributed by atoms with Crippen LogP contribution in [-0.4, -0.2) is 12.1 Å². The lowest BCUT2D eigenvalue weighted by molar-refractivity contribution is 0.387. The lowest BCUT2D eigenvalue weighted by Gasteiger charge is -2.08. The number of nitrogens with zero attached hydrogens (tertiary/aromatic N) is 2. The Kier molecular flexibility index (Phi) is 3.39. The van der Waals surface area contributed by atoms with E-state index in [1.54, 1.807) is 18.2 Å². The van der Waals surface area contributed by atoms with E-state index < -0.39 is 5.82 Å². The molecular weight excluding hydrogens is 233 g/mol. The second-order valence-electron chi connectivity index (χ2n) is 3.52. The fraction of sp³-hybridized carbons (Fsp3) is 0.0769. The van der Waals surface area contributed by atoms with Crippen LogP contribution in [0.5, 0.6) is 5.75 Å². The Balaban J connectivity index is 2.26. The van der Waals surface area contributed by atoms with Crippen LogP contribution in [0.1, 0.15) is 5.56 Å². The minimum atomic E-state index is -0.429. The largest absolute Gasteiger partial charge is 0.494 e. The Morgan fingerprint density at radius 3 is 2.89 bits per heavy atom. The van der Waals surface area contributed by atoms with Gasteiger partial charge in [-0.05, 0) is 24.3 Å². The summed E-state index contributed by atoms with van der Waals surface area (Å²) in [6.07, 6.45) is 1.53. The zero-order valence-corrected chi connectivity index (χ0v) is 9.64. The summed E-state index contributed by atoms with van der Waals surface area (Å²) in [5.74, 6) is 0.237. The molecule has 0 saturated heterocycles. The molecule has 0 radical (unpaired) electrons. The summed E-state index contributed by atoms with van der Waals surface area (Å²) < 4.78 is 18.1. The van der Waals surface area contributed by atoms with E-state index in [2.05, 4.69) is 10.3 Å². The van der Waals surface area contributed by atoms with Gasteiger partial charge in [0.05, 0.1) is 18.7 Å². The van der Waals surface area contributed by atoms with Crippen LogP contribution in [0, 0.1) is 17.1 Å². The average molecular weight is 243 g/mol. The number of hydrogen-bond acceptors (Lipinski definition) is 4. The second kappa shape index (κ2) is 5.15. The molecule has 2 rings (SSSR count). The van der Waals surface area contributed by atoms with Gasteiger partial charge in [0, 0.05) is 18.0 Å². The van der Waals surface area contributed by atoms with Crippen LogP contribution in [0.2, 0.25) is 0 Å². The first-order chi connectivity index (χ1) is 8.72. The molecule has 4 nitrogen and oxygen atoms in total. The van der Waals surface area contributed by atoms with Gasteiger partial charge in [0.1, 0.15) is 5.82 Å². The molecule has 0 amide bonds. The summed E-state index contributed by atoms with van der Waals surface area (Å²) in [5, 5.41) is 11.7. The van der Waals surface area contributed by atoms with Crippen LogP contribution in [0.3, 0.4) is 0 Å². The van der Waals surface area contributed by atoms with Gasteiger partial charge in [-0.15, -0.1) is 0 Å². The quantitative estimate of drug-likeness (QED) is 0.900. The lowest BCUT2D eigenvalue weighted by atomic mass is 10.2. The Morgan fingerprint density at radius 1 is 1.33 bits per heavy atom. The molecule has 1 aromatic carbocycles. The van der Waals surface area contributed by atoms with E-state index in [-0.39, 0.29) is 5.75 Å². The molecule has 0 unspecified atom stereocenters. The van der Waals surface area contributed by atoms with Crippen LogP contribution in [-0.2, 0) is 0 Å². The monoisotopic (exact) mass is 243 g/mol. The molecule has 0 bridgehead atoms. The van der Waals surface area contributed by atoms with E-state index >= 15 is 0 Å². The summed E-state index contributed by atoms with van der Waals surface area (Å²) in [6.45, 7) is 0. The molecule has 2 aromatic rings. The Bertz CT molecular complexity index is 607. The summed E-state index contributed by atoms with van der Waals surface area (Å²) in [6, 6.07) is 9.63. The molecule has 0 spiro atoms. The van der Waals surface area contributed by atoms with Gasteiger partial charge in [-0.2, -0.15) is 5.26 Å². The van der Waals surface area contributed by atoms with Crippen molar-refractivity contribution in [2.24, 2.45) is 0 Å². The highest BCUT2D eigenvalue weighted by Gasteiger charge is 2.04. The third-order valence-electron chi connectivity index (χ3n) is 2.31. The fourth-order valence-electron chi connectivity index (χ4n) is 1.45. The molecule has 0 atom stereocenters. The molecule has 1 N–H and O–H groups in total. The van der Waals surface area contributed by atoms with Crippen molar-refractivity contribution < 1.29 is 9.13 Å². The number of rotatable bonds is 3. The van der Waals surface area contributed by atoms with Gasteiger partial charge in [0.25, 0.3) is 0 Å². The van der Waals surface area contributed by atoms with E-state index in [0.717, 1.165) is 0 Å². The topological polar surface area (TPSA) is 57.9 Å². The van der Waals surface area contributed by atoms with Crippen molar-refractivity contribution in [1.82, 2.24) is 4.98 Å². The Morgan fingerprint density at radius 2 is 2.17 bits per heavy atom. The second-order valence-corrected chi connectivity index (χ2v) is 3.52. The Labute approximate surface area is 104 Å². The van der Waals surface area contributed by atoms with Crippen molar-refractivity contribution in [2.45, 2.75) is 0 Å². The predicted octanol–water partition coefficient (Wildman–Crippen LogP) is 2.84. The normalized spacial score (nSPS) is 9.61. The van der Waals surface area contributed by atoms with Crippen molar-refractivity contribution in [3.8, 4) is 11.8 Å². The predicted molar refractivity (Wildman–Crippen MR) is 65.2 cm³/mol. The van der Waals surface area contributed by atoms with E-state index in [4.69, 9.17) is 10.00 Å². The minimum Gasteiger partial charge on any atom is -0.494 e. The van der Waals surface area contributed by atoms with E-state index in [9.17, 15) is 4.39 Å². The molecule has 0 fully saturated rings. The highest BCUT2D eigenvalue weighted by atomic mass is 19.1. The summed E-state index contributed by atoms with van der Waals surface area (Å²) in [5.41, 5.74) is 1.14. The van der Waals surface area contributed by atoms with Crippen LogP contribution in [0.15, 0.2) is 36.5 Å². The van der Waals surface area contributed by atoms with Crippen molar-refractivity contribution >= 4 is 11.5 Å². The van der Waals surface area contributed by atoms with Gasteiger partial charge < -0.3 is 10.1 Å². The third-order valence-corrected chi connectivity index (χ3v) is 2.31. The number of nitrogens with one attached hydrogen (secondary N) is 1. The molecule has 0 aliphatic rings. The zero-order chi connectivity index (χ0) is 13.0. The number of aromatic nitrogens is 1.